The van der Waals surface area contributed by atoms with E-state index in [9.17, 15) is 4.79 Å². The Hall–Kier alpha value is -0.730. The van der Waals surface area contributed by atoms with Gasteiger partial charge in [-0.3, -0.25) is 4.79 Å². The van der Waals surface area contributed by atoms with Crippen molar-refractivity contribution in [1.82, 2.24) is 0 Å². The van der Waals surface area contributed by atoms with E-state index in [1.54, 1.807) is 18.2 Å². The maximum atomic E-state index is 12.1. The summed E-state index contributed by atoms with van der Waals surface area (Å²) in [5.41, 5.74) is 0.725. The van der Waals surface area contributed by atoms with Gasteiger partial charge in [0, 0.05) is 12.1 Å². The van der Waals surface area contributed by atoms with Crippen molar-refractivity contribution in [3.8, 4) is 0 Å². The van der Waals surface area contributed by atoms with Gasteiger partial charge in [0.1, 0.15) is 0 Å². The SMILES string of the molecule is O=C(C[C@@H]1C[C@@H]2CC[C@@H]1C2)Nc1ccc(Cl)c(Cl)c1. The number of nitrogens with one attached hydrogen (secondary N) is 1. The van der Waals surface area contributed by atoms with Gasteiger partial charge in [-0.25, -0.2) is 0 Å². The standard InChI is InChI=1S/C15H17Cl2NO/c16-13-4-3-12(8-14(13)17)18-15(19)7-11-6-9-1-2-10(11)5-9/h3-4,8-11H,1-2,5-7H2,(H,18,19)/t9-,10-,11+/m1/s1. The fourth-order valence-corrected chi connectivity index (χ4v) is 3.95. The van der Waals surface area contributed by atoms with E-state index >= 15 is 0 Å². The van der Waals surface area contributed by atoms with Crippen molar-refractivity contribution >= 4 is 34.8 Å². The molecule has 1 N–H and O–H groups in total. The molecule has 2 saturated carbocycles. The van der Waals surface area contributed by atoms with Crippen molar-refractivity contribution < 1.29 is 4.79 Å². The van der Waals surface area contributed by atoms with Gasteiger partial charge in [0.05, 0.1) is 10.0 Å². The van der Waals surface area contributed by atoms with Crippen LogP contribution in [0.4, 0.5) is 5.69 Å². The average Bonchev–Trinajstić information content (AvgIpc) is 2.96. The van der Waals surface area contributed by atoms with Gasteiger partial charge in [-0.05, 0) is 55.2 Å². The second-order valence-electron chi connectivity index (χ2n) is 5.82. The fourth-order valence-electron chi connectivity index (χ4n) is 3.65. The van der Waals surface area contributed by atoms with Crippen LogP contribution in [0, 0.1) is 17.8 Å². The molecule has 2 aliphatic rings. The summed E-state index contributed by atoms with van der Waals surface area (Å²) >= 11 is 11.8. The van der Waals surface area contributed by atoms with Crippen LogP contribution < -0.4 is 5.32 Å². The zero-order valence-corrected chi connectivity index (χ0v) is 12.2. The van der Waals surface area contributed by atoms with E-state index in [0.29, 0.717) is 22.4 Å². The van der Waals surface area contributed by atoms with Crippen LogP contribution >= 0.6 is 23.2 Å². The third kappa shape index (κ3) is 2.90. The molecule has 2 aliphatic carbocycles. The minimum atomic E-state index is 0.0935. The normalized spacial score (nSPS) is 28.6. The molecule has 3 atom stereocenters. The highest BCUT2D eigenvalue weighted by Crippen LogP contribution is 2.49. The molecule has 1 aromatic carbocycles. The smallest absolute Gasteiger partial charge is 0.224 e. The lowest BCUT2D eigenvalue weighted by atomic mass is 9.86. The molecule has 2 bridgehead atoms. The van der Waals surface area contributed by atoms with E-state index in [-0.39, 0.29) is 5.91 Å². The summed E-state index contributed by atoms with van der Waals surface area (Å²) in [7, 11) is 0. The van der Waals surface area contributed by atoms with Crippen molar-refractivity contribution in [2.45, 2.75) is 32.1 Å². The summed E-state index contributed by atoms with van der Waals surface area (Å²) in [5.74, 6) is 2.34. The van der Waals surface area contributed by atoms with Crippen LogP contribution in [0.3, 0.4) is 0 Å². The van der Waals surface area contributed by atoms with E-state index in [2.05, 4.69) is 5.32 Å². The highest BCUT2D eigenvalue weighted by atomic mass is 35.5. The van der Waals surface area contributed by atoms with Gasteiger partial charge in [0.25, 0.3) is 0 Å². The zero-order valence-electron chi connectivity index (χ0n) is 10.7. The number of amides is 1. The molecule has 0 unspecified atom stereocenters. The Kier molecular flexibility index (Phi) is 3.72. The van der Waals surface area contributed by atoms with E-state index in [4.69, 9.17) is 23.2 Å². The zero-order chi connectivity index (χ0) is 13.4. The topological polar surface area (TPSA) is 29.1 Å². The Bertz CT molecular complexity index is 503. The van der Waals surface area contributed by atoms with E-state index < -0.39 is 0 Å². The molecule has 2 fully saturated rings. The maximum Gasteiger partial charge on any atom is 0.224 e. The van der Waals surface area contributed by atoms with Gasteiger partial charge in [0.2, 0.25) is 5.91 Å². The Morgan fingerprint density at radius 2 is 2.05 bits per heavy atom. The first-order chi connectivity index (χ1) is 9.11. The molecule has 1 amide bonds. The van der Waals surface area contributed by atoms with Crippen LogP contribution in [0.5, 0.6) is 0 Å². The third-order valence-electron chi connectivity index (χ3n) is 4.54. The highest BCUT2D eigenvalue weighted by molar-refractivity contribution is 6.42. The molecular weight excluding hydrogens is 281 g/mol. The summed E-state index contributed by atoms with van der Waals surface area (Å²) in [5, 5.41) is 3.89. The molecule has 0 spiro atoms. The van der Waals surface area contributed by atoms with Gasteiger partial charge in [-0.2, -0.15) is 0 Å². The van der Waals surface area contributed by atoms with Crippen LogP contribution in [0.2, 0.25) is 10.0 Å². The van der Waals surface area contributed by atoms with Crippen molar-refractivity contribution in [1.29, 1.82) is 0 Å². The molecule has 4 heteroatoms. The summed E-state index contributed by atoms with van der Waals surface area (Å²) in [6, 6.07) is 5.19. The first kappa shape index (κ1) is 13.3. The molecule has 1 aromatic rings. The van der Waals surface area contributed by atoms with Crippen LogP contribution in [0.25, 0.3) is 0 Å². The molecule has 3 rings (SSSR count). The second kappa shape index (κ2) is 5.34. The Morgan fingerprint density at radius 1 is 1.21 bits per heavy atom. The first-order valence-electron chi connectivity index (χ1n) is 6.86. The number of benzene rings is 1. The van der Waals surface area contributed by atoms with Gasteiger partial charge in [-0.1, -0.05) is 29.6 Å². The van der Waals surface area contributed by atoms with Crippen LogP contribution in [-0.4, -0.2) is 5.91 Å². The van der Waals surface area contributed by atoms with Crippen LogP contribution in [0.15, 0.2) is 18.2 Å². The molecule has 0 radical (unpaired) electrons. The molecule has 2 nitrogen and oxygen atoms in total. The van der Waals surface area contributed by atoms with Gasteiger partial charge >= 0.3 is 0 Å². The molecule has 0 saturated heterocycles. The molecular formula is C15H17Cl2NO. The minimum absolute atomic E-state index is 0.0935. The van der Waals surface area contributed by atoms with Gasteiger partial charge in [-0.15, -0.1) is 0 Å². The Balaban J connectivity index is 1.57. The number of carbonyl (C=O) groups excluding carboxylic acids is 1. The first-order valence-corrected chi connectivity index (χ1v) is 7.62. The lowest BCUT2D eigenvalue weighted by molar-refractivity contribution is -0.117. The molecule has 0 aliphatic heterocycles. The van der Waals surface area contributed by atoms with Crippen molar-refractivity contribution in [3.63, 3.8) is 0 Å². The van der Waals surface area contributed by atoms with Crippen molar-refractivity contribution in [2.75, 3.05) is 5.32 Å². The number of rotatable bonds is 3. The largest absolute Gasteiger partial charge is 0.326 e. The molecule has 102 valence electrons. The van der Waals surface area contributed by atoms with E-state index in [1.807, 2.05) is 0 Å². The van der Waals surface area contributed by atoms with E-state index in [1.165, 1.54) is 25.7 Å². The minimum Gasteiger partial charge on any atom is -0.326 e. The van der Waals surface area contributed by atoms with Gasteiger partial charge < -0.3 is 5.32 Å². The predicted octanol–water partition coefficient (Wildman–Crippen LogP) is 4.76. The number of hydrogen-bond donors (Lipinski definition) is 1. The summed E-state index contributed by atoms with van der Waals surface area (Å²) in [6.45, 7) is 0. The number of fused-ring (bicyclic) bond motifs is 2. The van der Waals surface area contributed by atoms with Crippen molar-refractivity contribution in [2.24, 2.45) is 17.8 Å². The third-order valence-corrected chi connectivity index (χ3v) is 5.27. The highest BCUT2D eigenvalue weighted by Gasteiger charge is 2.40. The molecule has 19 heavy (non-hydrogen) atoms. The Labute approximate surface area is 123 Å². The number of anilines is 1. The molecule has 0 heterocycles. The second-order valence-corrected chi connectivity index (χ2v) is 6.63. The van der Waals surface area contributed by atoms with Crippen LogP contribution in [-0.2, 0) is 4.79 Å². The lowest BCUT2D eigenvalue weighted by Gasteiger charge is -2.20. The van der Waals surface area contributed by atoms with Gasteiger partial charge in [0.15, 0.2) is 0 Å². The lowest BCUT2D eigenvalue weighted by Crippen LogP contribution is -2.20. The summed E-state index contributed by atoms with van der Waals surface area (Å²) in [4.78, 5) is 12.1. The quantitative estimate of drug-likeness (QED) is 0.856. The molecule has 0 aromatic heterocycles. The average molecular weight is 298 g/mol. The van der Waals surface area contributed by atoms with Crippen molar-refractivity contribution in [3.05, 3.63) is 28.2 Å². The number of carbonyl (C=O) groups is 1. The fraction of sp³-hybridized carbons (Fsp3) is 0.533. The monoisotopic (exact) mass is 297 g/mol. The predicted molar refractivity (Wildman–Crippen MR) is 78.6 cm³/mol. The summed E-state index contributed by atoms with van der Waals surface area (Å²) < 4.78 is 0. The summed E-state index contributed by atoms with van der Waals surface area (Å²) in [6.07, 6.45) is 5.90. The Morgan fingerprint density at radius 3 is 2.68 bits per heavy atom. The number of hydrogen-bond acceptors (Lipinski definition) is 1. The van der Waals surface area contributed by atoms with Crippen LogP contribution in [0.1, 0.15) is 32.1 Å². The number of halogens is 2. The van der Waals surface area contributed by atoms with E-state index in [0.717, 1.165) is 17.5 Å². The maximum absolute atomic E-state index is 12.1.